The standard InChI is InChI=1S/C24H39N5O.HI/c1-4-20-9-11-21(12-10-20)19(3)27-24(25-5-2)26-13-14-28-15-17-29(18-16-28)23(30)22-7-6-8-22;/h9-12,19,22H,4-8,13-18H2,1-3H3,(H2,25,26,27);1H. The Hall–Kier alpha value is -1.35. The average molecular weight is 542 g/mol. The number of aliphatic imine (C=N–C) groups is 1. The number of halogens is 1. The van der Waals surface area contributed by atoms with Gasteiger partial charge in [-0.15, -0.1) is 24.0 Å². The summed E-state index contributed by atoms with van der Waals surface area (Å²) in [5.41, 5.74) is 2.63. The lowest BCUT2D eigenvalue weighted by atomic mass is 9.84. The molecule has 1 saturated carbocycles. The molecule has 6 nitrogen and oxygen atoms in total. The quantitative estimate of drug-likeness (QED) is 0.301. The minimum Gasteiger partial charge on any atom is -0.357 e. The number of carbonyl (C=O) groups is 1. The van der Waals surface area contributed by atoms with Gasteiger partial charge in [-0.2, -0.15) is 0 Å². The smallest absolute Gasteiger partial charge is 0.225 e. The van der Waals surface area contributed by atoms with Crippen molar-refractivity contribution in [2.45, 2.75) is 52.5 Å². The van der Waals surface area contributed by atoms with Gasteiger partial charge in [0, 0.05) is 45.2 Å². The van der Waals surface area contributed by atoms with Crippen LogP contribution in [0.15, 0.2) is 29.3 Å². The Morgan fingerprint density at radius 1 is 1.13 bits per heavy atom. The molecular formula is C24H40IN5O. The molecule has 31 heavy (non-hydrogen) atoms. The summed E-state index contributed by atoms with van der Waals surface area (Å²) >= 11 is 0. The third kappa shape index (κ3) is 7.63. The maximum Gasteiger partial charge on any atom is 0.225 e. The van der Waals surface area contributed by atoms with Crippen molar-refractivity contribution in [3.63, 3.8) is 0 Å². The van der Waals surface area contributed by atoms with Crippen LogP contribution in [0.5, 0.6) is 0 Å². The van der Waals surface area contributed by atoms with Crippen molar-refractivity contribution >= 4 is 35.8 Å². The Labute approximate surface area is 205 Å². The third-order valence-corrected chi connectivity index (χ3v) is 6.41. The second-order valence-electron chi connectivity index (χ2n) is 8.52. The Morgan fingerprint density at radius 3 is 2.35 bits per heavy atom. The Balaban J connectivity index is 0.00000341. The van der Waals surface area contributed by atoms with E-state index in [0.717, 1.165) is 71.0 Å². The molecule has 1 aromatic rings. The lowest BCUT2D eigenvalue weighted by Gasteiger charge is -2.38. The van der Waals surface area contributed by atoms with Crippen LogP contribution in [0, 0.1) is 5.92 Å². The summed E-state index contributed by atoms with van der Waals surface area (Å²) < 4.78 is 0. The number of piperazine rings is 1. The zero-order chi connectivity index (χ0) is 21.3. The number of carbonyl (C=O) groups excluding carboxylic acids is 1. The normalized spacial score (nSPS) is 18.7. The third-order valence-electron chi connectivity index (χ3n) is 6.41. The van der Waals surface area contributed by atoms with Crippen molar-refractivity contribution < 1.29 is 4.79 Å². The summed E-state index contributed by atoms with van der Waals surface area (Å²) in [7, 11) is 0. The number of hydrogen-bond acceptors (Lipinski definition) is 3. The highest BCUT2D eigenvalue weighted by Gasteiger charge is 2.30. The van der Waals surface area contributed by atoms with Crippen molar-refractivity contribution in [3.8, 4) is 0 Å². The predicted octanol–water partition coefficient (Wildman–Crippen LogP) is 3.43. The average Bonchev–Trinajstić information content (AvgIpc) is 2.73. The van der Waals surface area contributed by atoms with Gasteiger partial charge in [-0.1, -0.05) is 37.6 Å². The highest BCUT2D eigenvalue weighted by Crippen LogP contribution is 2.28. The topological polar surface area (TPSA) is 60.0 Å². The van der Waals surface area contributed by atoms with Gasteiger partial charge in [0.25, 0.3) is 0 Å². The Bertz CT molecular complexity index is 696. The van der Waals surface area contributed by atoms with Gasteiger partial charge < -0.3 is 15.5 Å². The minimum absolute atomic E-state index is 0. The van der Waals surface area contributed by atoms with Gasteiger partial charge in [-0.3, -0.25) is 14.7 Å². The lowest BCUT2D eigenvalue weighted by Crippen LogP contribution is -2.51. The zero-order valence-corrected chi connectivity index (χ0v) is 21.7. The molecule has 7 heteroatoms. The van der Waals surface area contributed by atoms with E-state index in [1.807, 2.05) is 0 Å². The van der Waals surface area contributed by atoms with Gasteiger partial charge in [0.2, 0.25) is 5.91 Å². The highest BCUT2D eigenvalue weighted by atomic mass is 127. The van der Waals surface area contributed by atoms with Crippen LogP contribution in [0.25, 0.3) is 0 Å². The molecule has 0 aromatic heterocycles. The number of hydrogen-bond donors (Lipinski definition) is 2. The van der Waals surface area contributed by atoms with Crippen LogP contribution in [-0.4, -0.2) is 67.5 Å². The molecule has 0 radical (unpaired) electrons. The molecule has 3 rings (SSSR count). The van der Waals surface area contributed by atoms with Crippen molar-refractivity contribution in [2.24, 2.45) is 10.9 Å². The summed E-state index contributed by atoms with van der Waals surface area (Å²) in [4.78, 5) is 21.7. The first-order valence-electron chi connectivity index (χ1n) is 11.8. The van der Waals surface area contributed by atoms with Gasteiger partial charge in [-0.25, -0.2) is 0 Å². The monoisotopic (exact) mass is 541 g/mol. The fourth-order valence-corrected chi connectivity index (χ4v) is 4.06. The molecule has 1 aromatic carbocycles. The summed E-state index contributed by atoms with van der Waals surface area (Å²) in [6, 6.07) is 9.00. The number of nitrogens with one attached hydrogen (secondary N) is 2. The number of guanidine groups is 1. The first-order valence-corrected chi connectivity index (χ1v) is 11.8. The summed E-state index contributed by atoms with van der Waals surface area (Å²) in [6.07, 6.45) is 4.47. The molecule has 2 N–H and O–H groups in total. The van der Waals surface area contributed by atoms with Gasteiger partial charge in [0.1, 0.15) is 0 Å². The van der Waals surface area contributed by atoms with E-state index in [1.54, 1.807) is 0 Å². The molecule has 174 valence electrons. The van der Waals surface area contributed by atoms with E-state index >= 15 is 0 Å². The zero-order valence-electron chi connectivity index (χ0n) is 19.4. The van der Waals surface area contributed by atoms with Crippen LogP contribution in [0.4, 0.5) is 0 Å². The fraction of sp³-hybridized carbons (Fsp3) is 0.667. The predicted molar refractivity (Wildman–Crippen MR) is 139 cm³/mol. The maximum absolute atomic E-state index is 12.4. The van der Waals surface area contributed by atoms with Crippen LogP contribution in [0.1, 0.15) is 57.2 Å². The van der Waals surface area contributed by atoms with Gasteiger partial charge >= 0.3 is 0 Å². The highest BCUT2D eigenvalue weighted by molar-refractivity contribution is 14.0. The van der Waals surface area contributed by atoms with Crippen molar-refractivity contribution in [3.05, 3.63) is 35.4 Å². The fourth-order valence-electron chi connectivity index (χ4n) is 4.06. The van der Waals surface area contributed by atoms with Crippen LogP contribution in [-0.2, 0) is 11.2 Å². The van der Waals surface area contributed by atoms with E-state index in [9.17, 15) is 4.79 Å². The number of nitrogens with zero attached hydrogens (tertiary/aromatic N) is 3. The van der Waals surface area contributed by atoms with E-state index < -0.39 is 0 Å². The molecule has 1 heterocycles. The SMILES string of the molecule is CCNC(=NCCN1CCN(C(=O)C2CCC2)CC1)NC(C)c1ccc(CC)cc1.I. The van der Waals surface area contributed by atoms with Gasteiger partial charge in [0.05, 0.1) is 12.6 Å². The second kappa shape index (κ2) is 13.3. The molecular weight excluding hydrogens is 501 g/mol. The second-order valence-corrected chi connectivity index (χ2v) is 8.52. The molecule has 2 aliphatic rings. The first-order chi connectivity index (χ1) is 14.6. The molecule has 0 bridgehead atoms. The number of rotatable bonds is 8. The number of aryl methyl sites for hydroxylation is 1. The summed E-state index contributed by atoms with van der Waals surface area (Å²) in [6.45, 7) is 12.6. The molecule has 1 aliphatic heterocycles. The molecule has 0 spiro atoms. The van der Waals surface area contributed by atoms with E-state index in [-0.39, 0.29) is 30.0 Å². The van der Waals surface area contributed by atoms with Crippen LogP contribution in [0.2, 0.25) is 0 Å². The lowest BCUT2D eigenvalue weighted by molar-refractivity contribution is -0.139. The maximum atomic E-state index is 12.4. The van der Waals surface area contributed by atoms with Gasteiger partial charge in [-0.05, 0) is 44.2 Å². The molecule has 1 unspecified atom stereocenters. The largest absolute Gasteiger partial charge is 0.357 e. The first kappa shape index (κ1) is 25.9. The van der Waals surface area contributed by atoms with E-state index in [2.05, 4.69) is 65.5 Å². The summed E-state index contributed by atoms with van der Waals surface area (Å²) in [5.74, 6) is 1.57. The number of amides is 1. The van der Waals surface area contributed by atoms with Crippen LogP contribution < -0.4 is 10.6 Å². The van der Waals surface area contributed by atoms with E-state index in [1.165, 1.54) is 17.5 Å². The molecule has 1 aliphatic carbocycles. The van der Waals surface area contributed by atoms with Crippen LogP contribution >= 0.6 is 24.0 Å². The summed E-state index contributed by atoms with van der Waals surface area (Å²) in [5, 5.41) is 6.88. The Morgan fingerprint density at radius 2 is 1.81 bits per heavy atom. The van der Waals surface area contributed by atoms with E-state index in [4.69, 9.17) is 4.99 Å². The van der Waals surface area contributed by atoms with Crippen molar-refractivity contribution in [1.82, 2.24) is 20.4 Å². The number of benzene rings is 1. The Kier molecular flexibility index (Phi) is 11.1. The minimum atomic E-state index is 0. The van der Waals surface area contributed by atoms with Crippen LogP contribution in [0.3, 0.4) is 0 Å². The molecule has 1 atom stereocenters. The molecule has 1 saturated heterocycles. The van der Waals surface area contributed by atoms with Crippen molar-refractivity contribution in [2.75, 3.05) is 45.8 Å². The van der Waals surface area contributed by atoms with Gasteiger partial charge in [0.15, 0.2) is 5.96 Å². The molecule has 1 amide bonds. The van der Waals surface area contributed by atoms with E-state index in [0.29, 0.717) is 11.8 Å². The van der Waals surface area contributed by atoms with Crippen molar-refractivity contribution in [1.29, 1.82) is 0 Å². The molecule has 2 fully saturated rings.